The van der Waals surface area contributed by atoms with Gasteiger partial charge in [0, 0.05) is 13.0 Å². The standard InChI is InChI=1S/C23H22N6O5/c1-33-17-10-5-4-9-16(17)25-23-27-18(26-22(24)28-23)13-34-19(30)11-6-12-29-20(31)14-7-2-3-8-15(14)21(29)32/h2-5,7-10H,6,11-13H2,1H3,(H3,24,25,26,27,28). The SMILES string of the molecule is COc1ccccc1Nc1nc(N)nc(COC(=O)CCCN2C(=O)c3ccccc3C2=O)n1. The van der Waals surface area contributed by atoms with Crippen LogP contribution in [0.3, 0.4) is 0 Å². The lowest BCUT2D eigenvalue weighted by Gasteiger charge is -2.13. The molecule has 0 saturated carbocycles. The maximum absolute atomic E-state index is 12.4. The van der Waals surface area contributed by atoms with Crippen molar-refractivity contribution in [2.75, 3.05) is 24.7 Å². The smallest absolute Gasteiger partial charge is 0.306 e. The number of nitrogens with zero attached hydrogens (tertiary/aromatic N) is 4. The number of carbonyl (C=O) groups is 3. The predicted octanol–water partition coefficient (Wildman–Crippen LogP) is 2.33. The Balaban J connectivity index is 1.29. The van der Waals surface area contributed by atoms with Crippen LogP contribution in [0.4, 0.5) is 17.6 Å². The number of rotatable bonds is 9. The van der Waals surface area contributed by atoms with E-state index in [0.29, 0.717) is 22.6 Å². The third-order valence-electron chi connectivity index (χ3n) is 5.06. The molecule has 1 aromatic heterocycles. The number of anilines is 3. The molecule has 3 aromatic rings. The van der Waals surface area contributed by atoms with Gasteiger partial charge in [-0.3, -0.25) is 19.3 Å². The molecule has 1 aliphatic rings. The molecule has 3 N–H and O–H groups in total. The second kappa shape index (κ2) is 9.94. The molecule has 2 heterocycles. The van der Waals surface area contributed by atoms with Crippen molar-refractivity contribution in [2.45, 2.75) is 19.4 Å². The minimum Gasteiger partial charge on any atom is -0.495 e. The molecule has 11 heteroatoms. The molecule has 0 fully saturated rings. The maximum Gasteiger partial charge on any atom is 0.306 e. The van der Waals surface area contributed by atoms with Gasteiger partial charge in [-0.05, 0) is 30.7 Å². The number of imide groups is 1. The number of nitrogens with two attached hydrogens (primary N) is 1. The van der Waals surface area contributed by atoms with Crippen LogP contribution in [0.2, 0.25) is 0 Å². The maximum atomic E-state index is 12.4. The van der Waals surface area contributed by atoms with Gasteiger partial charge >= 0.3 is 5.97 Å². The second-order valence-electron chi connectivity index (χ2n) is 7.33. The highest BCUT2D eigenvalue weighted by Crippen LogP contribution is 2.26. The normalized spacial score (nSPS) is 12.4. The van der Waals surface area contributed by atoms with Crippen LogP contribution in [0.1, 0.15) is 39.4 Å². The second-order valence-corrected chi connectivity index (χ2v) is 7.33. The first kappa shape index (κ1) is 22.6. The van der Waals surface area contributed by atoms with Crippen molar-refractivity contribution in [3.8, 4) is 5.75 Å². The monoisotopic (exact) mass is 462 g/mol. The van der Waals surface area contributed by atoms with Crippen molar-refractivity contribution in [1.29, 1.82) is 0 Å². The number of esters is 1. The summed E-state index contributed by atoms with van der Waals surface area (Å²) in [6, 6.07) is 13.8. The van der Waals surface area contributed by atoms with E-state index in [-0.39, 0.29) is 55.5 Å². The molecule has 2 amide bonds. The van der Waals surface area contributed by atoms with Gasteiger partial charge in [0.25, 0.3) is 11.8 Å². The Morgan fingerprint density at radius 1 is 1.00 bits per heavy atom. The third-order valence-corrected chi connectivity index (χ3v) is 5.06. The topological polar surface area (TPSA) is 150 Å². The highest BCUT2D eigenvalue weighted by atomic mass is 16.5. The Hall–Kier alpha value is -4.54. The Bertz CT molecular complexity index is 1210. The summed E-state index contributed by atoms with van der Waals surface area (Å²) in [5.74, 6) is -0.340. The van der Waals surface area contributed by atoms with Gasteiger partial charge in [0.05, 0.1) is 23.9 Å². The first-order chi connectivity index (χ1) is 16.5. The predicted molar refractivity (Wildman–Crippen MR) is 121 cm³/mol. The van der Waals surface area contributed by atoms with Gasteiger partial charge in [-0.1, -0.05) is 24.3 Å². The summed E-state index contributed by atoms with van der Waals surface area (Å²) in [5, 5.41) is 3.00. The molecule has 174 valence electrons. The number of para-hydroxylation sites is 2. The number of methoxy groups -OCH3 is 1. The summed E-state index contributed by atoms with van der Waals surface area (Å²) in [7, 11) is 1.54. The van der Waals surface area contributed by atoms with Crippen molar-refractivity contribution in [1.82, 2.24) is 19.9 Å². The van der Waals surface area contributed by atoms with E-state index < -0.39 is 5.97 Å². The number of benzene rings is 2. The molecule has 0 saturated heterocycles. The lowest BCUT2D eigenvalue weighted by atomic mass is 10.1. The van der Waals surface area contributed by atoms with Crippen LogP contribution < -0.4 is 15.8 Å². The molecule has 0 unspecified atom stereocenters. The Morgan fingerprint density at radius 2 is 1.68 bits per heavy atom. The van der Waals surface area contributed by atoms with Crippen molar-refractivity contribution >= 4 is 35.4 Å². The average molecular weight is 462 g/mol. The first-order valence-electron chi connectivity index (χ1n) is 10.5. The van der Waals surface area contributed by atoms with Crippen LogP contribution in [0.15, 0.2) is 48.5 Å². The molecule has 4 rings (SSSR count). The number of ether oxygens (including phenoxy) is 2. The van der Waals surface area contributed by atoms with E-state index in [1.54, 1.807) is 43.5 Å². The largest absolute Gasteiger partial charge is 0.495 e. The summed E-state index contributed by atoms with van der Waals surface area (Å²) >= 11 is 0. The van der Waals surface area contributed by atoms with E-state index in [0.717, 1.165) is 4.90 Å². The van der Waals surface area contributed by atoms with E-state index in [1.807, 2.05) is 12.1 Å². The molecule has 0 spiro atoms. The fourth-order valence-corrected chi connectivity index (χ4v) is 3.47. The van der Waals surface area contributed by atoms with E-state index >= 15 is 0 Å². The minimum atomic E-state index is -0.519. The van der Waals surface area contributed by atoms with E-state index in [4.69, 9.17) is 15.2 Å². The summed E-state index contributed by atoms with van der Waals surface area (Å²) in [6.45, 7) is -0.0910. The minimum absolute atomic E-state index is 0.0142. The van der Waals surface area contributed by atoms with E-state index in [9.17, 15) is 14.4 Å². The van der Waals surface area contributed by atoms with Crippen LogP contribution in [0, 0.1) is 0 Å². The number of amides is 2. The van der Waals surface area contributed by atoms with Crippen molar-refractivity contribution in [3.63, 3.8) is 0 Å². The number of nitrogens with one attached hydrogen (secondary N) is 1. The Kier molecular flexibility index (Phi) is 6.62. The molecule has 0 bridgehead atoms. The molecule has 0 aliphatic carbocycles. The van der Waals surface area contributed by atoms with E-state index in [1.165, 1.54) is 0 Å². The van der Waals surface area contributed by atoms with Gasteiger partial charge in [0.2, 0.25) is 11.9 Å². The molecule has 0 atom stereocenters. The van der Waals surface area contributed by atoms with Gasteiger partial charge in [-0.15, -0.1) is 0 Å². The zero-order chi connectivity index (χ0) is 24.1. The van der Waals surface area contributed by atoms with Gasteiger partial charge in [-0.2, -0.15) is 15.0 Å². The molecule has 1 aliphatic heterocycles. The van der Waals surface area contributed by atoms with Crippen LogP contribution in [0.5, 0.6) is 5.75 Å². The van der Waals surface area contributed by atoms with Gasteiger partial charge in [0.1, 0.15) is 5.75 Å². The third kappa shape index (κ3) is 4.93. The summed E-state index contributed by atoms with van der Waals surface area (Å²) in [4.78, 5) is 50.3. The molecule has 11 nitrogen and oxygen atoms in total. The molecule has 2 aromatic carbocycles. The van der Waals surface area contributed by atoms with Crippen LogP contribution in [-0.2, 0) is 16.1 Å². The van der Waals surface area contributed by atoms with Crippen molar-refractivity contribution in [3.05, 3.63) is 65.5 Å². The molecular formula is C23H22N6O5. The van der Waals surface area contributed by atoms with Crippen LogP contribution >= 0.6 is 0 Å². The van der Waals surface area contributed by atoms with Gasteiger partial charge in [-0.25, -0.2) is 0 Å². The van der Waals surface area contributed by atoms with Crippen molar-refractivity contribution < 1.29 is 23.9 Å². The molecule has 0 radical (unpaired) electrons. The molecular weight excluding hydrogens is 440 g/mol. The quantitative estimate of drug-likeness (QED) is 0.358. The first-order valence-corrected chi connectivity index (χ1v) is 10.5. The zero-order valence-corrected chi connectivity index (χ0v) is 18.4. The van der Waals surface area contributed by atoms with Crippen molar-refractivity contribution in [2.24, 2.45) is 0 Å². The summed E-state index contributed by atoms with van der Waals surface area (Å²) in [6.07, 6.45) is 0.282. The highest BCUT2D eigenvalue weighted by molar-refractivity contribution is 6.21. The summed E-state index contributed by atoms with van der Waals surface area (Å²) in [5.41, 5.74) is 7.14. The fraction of sp³-hybridized carbons (Fsp3) is 0.217. The number of carbonyl (C=O) groups excluding carboxylic acids is 3. The van der Waals surface area contributed by atoms with Crippen LogP contribution in [-0.4, -0.2) is 51.3 Å². The fourth-order valence-electron chi connectivity index (χ4n) is 3.47. The zero-order valence-electron chi connectivity index (χ0n) is 18.4. The van der Waals surface area contributed by atoms with Gasteiger partial charge in [0.15, 0.2) is 12.4 Å². The number of hydrogen-bond donors (Lipinski definition) is 2. The number of nitrogen functional groups attached to an aromatic ring is 1. The van der Waals surface area contributed by atoms with Crippen LogP contribution in [0.25, 0.3) is 0 Å². The Labute approximate surface area is 194 Å². The lowest BCUT2D eigenvalue weighted by Crippen LogP contribution is -2.31. The lowest BCUT2D eigenvalue weighted by molar-refractivity contribution is -0.145. The highest BCUT2D eigenvalue weighted by Gasteiger charge is 2.34. The number of fused-ring (bicyclic) bond motifs is 1. The average Bonchev–Trinajstić information content (AvgIpc) is 3.08. The van der Waals surface area contributed by atoms with E-state index in [2.05, 4.69) is 20.3 Å². The number of hydrogen-bond acceptors (Lipinski definition) is 10. The molecule has 34 heavy (non-hydrogen) atoms. The number of aromatic nitrogens is 3. The van der Waals surface area contributed by atoms with Gasteiger partial charge < -0.3 is 20.5 Å². The summed E-state index contributed by atoms with van der Waals surface area (Å²) < 4.78 is 10.5. The Morgan fingerprint density at radius 3 is 2.38 bits per heavy atom.